The number of rotatable bonds is 13. The Labute approximate surface area is 158 Å². The van der Waals surface area contributed by atoms with Crippen LogP contribution in [0.15, 0.2) is 12.1 Å². The van der Waals surface area contributed by atoms with E-state index in [-0.39, 0.29) is 18.8 Å². The molecule has 142 valence electrons. The second kappa shape index (κ2) is 13.3. The van der Waals surface area contributed by atoms with Gasteiger partial charge in [-0.25, -0.2) is 0 Å². The Bertz CT molecular complexity index is 501. The van der Waals surface area contributed by atoms with E-state index in [0.29, 0.717) is 49.7 Å². The standard InChI is InChI=1S/C17H24Cl2O6/c1-13-11-14(18)17(15(19)12-13)25-16(20)3-4-22-7-8-24-10-9-23-6-5-21-2/h11-12H,3-10H2,1-2H3. The summed E-state index contributed by atoms with van der Waals surface area (Å²) < 4.78 is 25.9. The van der Waals surface area contributed by atoms with Crippen LogP contribution in [0.3, 0.4) is 0 Å². The molecule has 0 amide bonds. The normalized spacial score (nSPS) is 10.9. The summed E-state index contributed by atoms with van der Waals surface area (Å²) in [4.78, 5) is 11.8. The number of halogens is 2. The van der Waals surface area contributed by atoms with Crippen molar-refractivity contribution >= 4 is 29.2 Å². The third-order valence-electron chi connectivity index (χ3n) is 2.98. The largest absolute Gasteiger partial charge is 0.423 e. The molecule has 0 aliphatic carbocycles. The molecule has 0 saturated carbocycles. The van der Waals surface area contributed by atoms with Gasteiger partial charge in [-0.05, 0) is 24.6 Å². The lowest BCUT2D eigenvalue weighted by Crippen LogP contribution is -2.14. The molecule has 1 aromatic rings. The number of esters is 1. The molecule has 0 aliphatic rings. The van der Waals surface area contributed by atoms with Gasteiger partial charge in [0, 0.05) is 7.11 Å². The number of hydrogen-bond acceptors (Lipinski definition) is 6. The fourth-order valence-electron chi connectivity index (χ4n) is 1.79. The van der Waals surface area contributed by atoms with Gasteiger partial charge in [0.2, 0.25) is 0 Å². The number of benzene rings is 1. The van der Waals surface area contributed by atoms with E-state index in [1.54, 1.807) is 19.2 Å². The Morgan fingerprint density at radius 2 is 1.36 bits per heavy atom. The molecule has 25 heavy (non-hydrogen) atoms. The molecule has 1 aromatic carbocycles. The van der Waals surface area contributed by atoms with Crippen molar-refractivity contribution < 1.29 is 28.5 Å². The van der Waals surface area contributed by atoms with Crippen LogP contribution in [0.25, 0.3) is 0 Å². The van der Waals surface area contributed by atoms with Gasteiger partial charge in [-0.2, -0.15) is 0 Å². The number of aryl methyl sites for hydroxylation is 1. The van der Waals surface area contributed by atoms with Gasteiger partial charge in [-0.15, -0.1) is 0 Å². The number of hydrogen-bond donors (Lipinski definition) is 0. The Morgan fingerprint density at radius 1 is 0.880 bits per heavy atom. The van der Waals surface area contributed by atoms with E-state index in [4.69, 9.17) is 46.9 Å². The van der Waals surface area contributed by atoms with E-state index in [0.717, 1.165) is 5.56 Å². The Morgan fingerprint density at radius 3 is 1.88 bits per heavy atom. The van der Waals surface area contributed by atoms with Crippen LogP contribution in [0.5, 0.6) is 5.75 Å². The summed E-state index contributed by atoms with van der Waals surface area (Å²) in [5, 5.41) is 0.612. The highest BCUT2D eigenvalue weighted by Crippen LogP contribution is 2.34. The first kappa shape index (κ1) is 22.2. The van der Waals surface area contributed by atoms with Crippen molar-refractivity contribution in [2.24, 2.45) is 0 Å². The Kier molecular flexibility index (Phi) is 11.8. The van der Waals surface area contributed by atoms with Crippen LogP contribution in [0.1, 0.15) is 12.0 Å². The van der Waals surface area contributed by atoms with Crippen LogP contribution in [-0.4, -0.2) is 59.3 Å². The molecule has 0 saturated heterocycles. The molecule has 0 bridgehead atoms. The zero-order chi connectivity index (χ0) is 18.5. The highest BCUT2D eigenvalue weighted by atomic mass is 35.5. The van der Waals surface area contributed by atoms with Crippen molar-refractivity contribution in [3.8, 4) is 5.75 Å². The van der Waals surface area contributed by atoms with Crippen molar-refractivity contribution in [2.45, 2.75) is 13.3 Å². The number of carbonyl (C=O) groups is 1. The van der Waals surface area contributed by atoms with Crippen LogP contribution in [0.4, 0.5) is 0 Å². The zero-order valence-electron chi connectivity index (χ0n) is 14.5. The minimum Gasteiger partial charge on any atom is -0.423 e. The molecule has 6 nitrogen and oxygen atoms in total. The first-order valence-corrected chi connectivity index (χ1v) is 8.68. The molecule has 0 aromatic heterocycles. The summed E-state index contributed by atoms with van der Waals surface area (Å²) in [5.74, 6) is -0.282. The van der Waals surface area contributed by atoms with Crippen LogP contribution in [0.2, 0.25) is 10.0 Å². The molecule has 0 heterocycles. The lowest BCUT2D eigenvalue weighted by Gasteiger charge is -2.09. The van der Waals surface area contributed by atoms with E-state index in [9.17, 15) is 4.79 Å². The predicted octanol–water partition coefficient (Wildman–Crippen LogP) is 3.29. The van der Waals surface area contributed by atoms with Crippen molar-refractivity contribution in [1.82, 2.24) is 0 Å². The lowest BCUT2D eigenvalue weighted by atomic mass is 10.2. The van der Waals surface area contributed by atoms with E-state index >= 15 is 0 Å². The molecule has 0 fully saturated rings. The van der Waals surface area contributed by atoms with Crippen LogP contribution < -0.4 is 4.74 Å². The smallest absolute Gasteiger partial charge is 0.313 e. The summed E-state index contributed by atoms with van der Waals surface area (Å²) in [6, 6.07) is 3.37. The van der Waals surface area contributed by atoms with Crippen LogP contribution in [0, 0.1) is 6.92 Å². The Hall–Kier alpha value is -0.890. The summed E-state index contributed by atoms with van der Waals surface area (Å²) in [5.41, 5.74) is 0.891. The van der Waals surface area contributed by atoms with Gasteiger partial charge in [-0.1, -0.05) is 23.2 Å². The van der Waals surface area contributed by atoms with E-state index in [1.807, 2.05) is 6.92 Å². The summed E-state index contributed by atoms with van der Waals surface area (Å²) in [7, 11) is 1.62. The number of ether oxygens (including phenoxy) is 5. The molecular formula is C17H24Cl2O6. The molecular weight excluding hydrogens is 371 g/mol. The lowest BCUT2D eigenvalue weighted by molar-refractivity contribution is -0.135. The topological polar surface area (TPSA) is 63.2 Å². The highest BCUT2D eigenvalue weighted by Gasteiger charge is 2.13. The average molecular weight is 395 g/mol. The minimum atomic E-state index is -0.458. The second-order valence-corrected chi connectivity index (χ2v) is 5.93. The monoisotopic (exact) mass is 394 g/mol. The van der Waals surface area contributed by atoms with Crippen molar-refractivity contribution in [3.05, 3.63) is 27.7 Å². The van der Waals surface area contributed by atoms with Gasteiger partial charge in [0.1, 0.15) is 0 Å². The third-order valence-corrected chi connectivity index (χ3v) is 3.55. The maximum Gasteiger partial charge on any atom is 0.313 e. The van der Waals surface area contributed by atoms with Gasteiger partial charge in [-0.3, -0.25) is 4.79 Å². The van der Waals surface area contributed by atoms with Crippen LogP contribution >= 0.6 is 23.2 Å². The molecule has 0 unspecified atom stereocenters. The molecule has 0 atom stereocenters. The van der Waals surface area contributed by atoms with Crippen molar-refractivity contribution in [3.63, 3.8) is 0 Å². The fourth-order valence-corrected chi connectivity index (χ4v) is 2.46. The molecule has 8 heteroatoms. The highest BCUT2D eigenvalue weighted by molar-refractivity contribution is 6.37. The SMILES string of the molecule is COCCOCCOCCOCCC(=O)Oc1c(Cl)cc(C)cc1Cl. The maximum atomic E-state index is 11.8. The van der Waals surface area contributed by atoms with Crippen molar-refractivity contribution in [2.75, 3.05) is 53.4 Å². The molecule has 0 aliphatic heterocycles. The van der Waals surface area contributed by atoms with Gasteiger partial charge in [0.25, 0.3) is 0 Å². The maximum absolute atomic E-state index is 11.8. The summed E-state index contributed by atoms with van der Waals surface area (Å²) in [6.07, 6.45) is 0.0979. The van der Waals surface area contributed by atoms with Crippen LogP contribution in [-0.2, 0) is 23.7 Å². The second-order valence-electron chi connectivity index (χ2n) is 5.11. The zero-order valence-corrected chi connectivity index (χ0v) is 16.0. The number of methoxy groups -OCH3 is 1. The van der Waals surface area contributed by atoms with Gasteiger partial charge >= 0.3 is 5.97 Å². The van der Waals surface area contributed by atoms with Gasteiger partial charge < -0.3 is 23.7 Å². The van der Waals surface area contributed by atoms with Gasteiger partial charge in [0.05, 0.1) is 62.7 Å². The quantitative estimate of drug-likeness (QED) is 0.290. The third kappa shape index (κ3) is 9.99. The predicted molar refractivity (Wildman–Crippen MR) is 95.8 cm³/mol. The van der Waals surface area contributed by atoms with Crippen molar-refractivity contribution in [1.29, 1.82) is 0 Å². The summed E-state index contributed by atoms with van der Waals surface area (Å²) in [6.45, 7) is 5.01. The summed E-state index contributed by atoms with van der Waals surface area (Å²) >= 11 is 12.0. The molecule has 1 rings (SSSR count). The molecule has 0 N–H and O–H groups in total. The minimum absolute atomic E-state index is 0.0979. The van der Waals surface area contributed by atoms with Gasteiger partial charge in [0.15, 0.2) is 5.75 Å². The fraction of sp³-hybridized carbons (Fsp3) is 0.588. The first-order chi connectivity index (χ1) is 12.0. The van der Waals surface area contributed by atoms with E-state index in [1.165, 1.54) is 0 Å². The first-order valence-electron chi connectivity index (χ1n) is 7.93. The average Bonchev–Trinajstić information content (AvgIpc) is 2.56. The Balaban J connectivity index is 2.06. The van der Waals surface area contributed by atoms with E-state index < -0.39 is 5.97 Å². The van der Waals surface area contributed by atoms with E-state index in [2.05, 4.69) is 0 Å². The number of carbonyl (C=O) groups excluding carboxylic acids is 1. The molecule has 0 spiro atoms. The molecule has 0 radical (unpaired) electrons.